The summed E-state index contributed by atoms with van der Waals surface area (Å²) in [5.74, 6) is -0.272. The second-order valence-corrected chi connectivity index (χ2v) is 5.45. The minimum absolute atomic E-state index is 0.197. The first-order valence-corrected chi connectivity index (χ1v) is 7.23. The highest BCUT2D eigenvalue weighted by atomic mass is 79.9. The van der Waals surface area contributed by atoms with Crippen molar-refractivity contribution in [2.45, 2.75) is 13.0 Å². The Labute approximate surface area is 125 Å². The SMILES string of the molecule is CCNC(c1ccccc1)c1cc(Cl)c(Br)cc1F. The van der Waals surface area contributed by atoms with E-state index in [1.54, 1.807) is 6.07 Å². The fraction of sp³-hybridized carbons (Fsp3) is 0.200. The number of hydrogen-bond donors (Lipinski definition) is 1. The second-order valence-electron chi connectivity index (χ2n) is 4.19. The van der Waals surface area contributed by atoms with Crippen molar-refractivity contribution < 1.29 is 4.39 Å². The van der Waals surface area contributed by atoms with Crippen LogP contribution in [0.15, 0.2) is 46.9 Å². The van der Waals surface area contributed by atoms with Gasteiger partial charge >= 0.3 is 0 Å². The summed E-state index contributed by atoms with van der Waals surface area (Å²) < 4.78 is 14.7. The van der Waals surface area contributed by atoms with Gasteiger partial charge in [0.25, 0.3) is 0 Å². The van der Waals surface area contributed by atoms with E-state index in [1.807, 2.05) is 37.3 Å². The van der Waals surface area contributed by atoms with E-state index in [1.165, 1.54) is 6.07 Å². The largest absolute Gasteiger partial charge is 0.306 e. The normalized spacial score (nSPS) is 12.4. The lowest BCUT2D eigenvalue weighted by Crippen LogP contribution is -2.23. The molecule has 1 atom stereocenters. The lowest BCUT2D eigenvalue weighted by atomic mass is 9.98. The number of nitrogens with one attached hydrogen (secondary N) is 1. The molecular formula is C15H14BrClFN. The van der Waals surface area contributed by atoms with Crippen molar-refractivity contribution in [2.24, 2.45) is 0 Å². The van der Waals surface area contributed by atoms with Gasteiger partial charge < -0.3 is 5.32 Å². The van der Waals surface area contributed by atoms with Crippen molar-refractivity contribution in [2.75, 3.05) is 6.54 Å². The minimum atomic E-state index is -0.272. The van der Waals surface area contributed by atoms with E-state index < -0.39 is 0 Å². The molecule has 19 heavy (non-hydrogen) atoms. The molecule has 0 saturated heterocycles. The molecule has 0 spiro atoms. The van der Waals surface area contributed by atoms with Gasteiger partial charge in [0.05, 0.1) is 11.1 Å². The predicted molar refractivity (Wildman–Crippen MR) is 81.1 cm³/mol. The van der Waals surface area contributed by atoms with Crippen molar-refractivity contribution in [3.8, 4) is 0 Å². The fourth-order valence-corrected chi connectivity index (χ4v) is 2.50. The molecular weight excluding hydrogens is 329 g/mol. The average molecular weight is 343 g/mol. The van der Waals surface area contributed by atoms with Crippen LogP contribution >= 0.6 is 27.5 Å². The quantitative estimate of drug-likeness (QED) is 0.776. The van der Waals surface area contributed by atoms with Gasteiger partial charge in [-0.25, -0.2) is 4.39 Å². The summed E-state index contributed by atoms with van der Waals surface area (Å²) in [6.07, 6.45) is 0. The third kappa shape index (κ3) is 3.35. The molecule has 0 bridgehead atoms. The van der Waals surface area contributed by atoms with Crippen LogP contribution in [0.3, 0.4) is 0 Å². The van der Waals surface area contributed by atoms with E-state index in [9.17, 15) is 4.39 Å². The summed E-state index contributed by atoms with van der Waals surface area (Å²) in [6.45, 7) is 2.74. The Bertz CT molecular complexity index is 560. The summed E-state index contributed by atoms with van der Waals surface area (Å²) in [5.41, 5.74) is 1.57. The first kappa shape index (κ1) is 14.5. The highest BCUT2D eigenvalue weighted by Crippen LogP contribution is 2.31. The van der Waals surface area contributed by atoms with Gasteiger partial charge in [-0.2, -0.15) is 0 Å². The highest BCUT2D eigenvalue weighted by Gasteiger charge is 2.18. The smallest absolute Gasteiger partial charge is 0.129 e. The van der Waals surface area contributed by atoms with Gasteiger partial charge in [-0.1, -0.05) is 48.9 Å². The standard InChI is InChI=1S/C15H14BrClFN/c1-2-19-15(10-6-4-3-5-7-10)11-8-13(17)12(16)9-14(11)18/h3-9,15,19H,2H2,1H3. The Morgan fingerprint density at radius 3 is 2.58 bits per heavy atom. The molecule has 2 aromatic rings. The molecule has 0 amide bonds. The molecule has 0 fully saturated rings. The van der Waals surface area contributed by atoms with Crippen molar-refractivity contribution in [1.29, 1.82) is 0 Å². The third-order valence-electron chi connectivity index (χ3n) is 2.89. The van der Waals surface area contributed by atoms with Gasteiger partial charge in [-0.3, -0.25) is 0 Å². The number of halogens is 3. The molecule has 0 heterocycles. The van der Waals surface area contributed by atoms with E-state index in [0.29, 0.717) is 15.1 Å². The van der Waals surface area contributed by atoms with E-state index >= 15 is 0 Å². The Kier molecular flexibility index (Phi) is 4.97. The van der Waals surface area contributed by atoms with E-state index in [2.05, 4.69) is 21.2 Å². The Balaban J connectivity index is 2.48. The summed E-state index contributed by atoms with van der Waals surface area (Å²) >= 11 is 9.31. The van der Waals surface area contributed by atoms with Gasteiger partial charge in [0.2, 0.25) is 0 Å². The van der Waals surface area contributed by atoms with Gasteiger partial charge in [-0.05, 0) is 40.2 Å². The molecule has 4 heteroatoms. The lowest BCUT2D eigenvalue weighted by molar-refractivity contribution is 0.558. The lowest BCUT2D eigenvalue weighted by Gasteiger charge is -2.20. The van der Waals surface area contributed by atoms with Gasteiger partial charge in [-0.15, -0.1) is 0 Å². The maximum absolute atomic E-state index is 14.2. The Morgan fingerprint density at radius 1 is 1.26 bits per heavy atom. The molecule has 2 rings (SSSR count). The van der Waals surface area contributed by atoms with Gasteiger partial charge in [0.1, 0.15) is 5.82 Å². The highest BCUT2D eigenvalue weighted by molar-refractivity contribution is 9.10. The third-order valence-corrected chi connectivity index (χ3v) is 4.09. The zero-order valence-electron chi connectivity index (χ0n) is 10.5. The van der Waals surface area contributed by atoms with Crippen molar-refractivity contribution in [3.05, 3.63) is 68.9 Å². The molecule has 1 nitrogen and oxygen atoms in total. The summed E-state index contributed by atoms with van der Waals surface area (Å²) in [4.78, 5) is 0. The van der Waals surface area contributed by atoms with Crippen LogP contribution in [0, 0.1) is 5.82 Å². The van der Waals surface area contributed by atoms with Crippen LogP contribution < -0.4 is 5.32 Å². The molecule has 0 aliphatic carbocycles. The first-order chi connectivity index (χ1) is 9.13. The maximum atomic E-state index is 14.2. The predicted octanol–water partition coefficient (Wildman–Crippen LogP) is 4.94. The van der Waals surface area contributed by atoms with Crippen LogP contribution in [-0.4, -0.2) is 6.54 Å². The van der Waals surface area contributed by atoms with Gasteiger partial charge in [0.15, 0.2) is 0 Å². The van der Waals surface area contributed by atoms with Crippen LogP contribution in [0.25, 0.3) is 0 Å². The molecule has 0 saturated carbocycles. The second kappa shape index (κ2) is 6.51. The van der Waals surface area contributed by atoms with Crippen LogP contribution in [0.1, 0.15) is 24.1 Å². The minimum Gasteiger partial charge on any atom is -0.306 e. The van der Waals surface area contributed by atoms with E-state index in [4.69, 9.17) is 11.6 Å². The van der Waals surface area contributed by atoms with Crippen LogP contribution in [0.5, 0.6) is 0 Å². The molecule has 1 N–H and O–H groups in total. The summed E-state index contributed by atoms with van der Waals surface area (Å²) in [6, 6.07) is 12.7. The molecule has 0 aromatic heterocycles. The van der Waals surface area contributed by atoms with Crippen molar-refractivity contribution in [1.82, 2.24) is 5.32 Å². The average Bonchev–Trinajstić information content (AvgIpc) is 2.42. The maximum Gasteiger partial charge on any atom is 0.129 e. The van der Waals surface area contributed by atoms with Crippen molar-refractivity contribution >= 4 is 27.5 Å². The molecule has 2 aromatic carbocycles. The van der Waals surface area contributed by atoms with Crippen LogP contribution in [-0.2, 0) is 0 Å². The number of rotatable bonds is 4. The molecule has 100 valence electrons. The Hall–Kier alpha value is -0.900. The topological polar surface area (TPSA) is 12.0 Å². The zero-order chi connectivity index (χ0) is 13.8. The molecule has 0 aliphatic rings. The van der Waals surface area contributed by atoms with Crippen LogP contribution in [0.2, 0.25) is 5.02 Å². The Morgan fingerprint density at radius 2 is 1.95 bits per heavy atom. The molecule has 0 radical (unpaired) electrons. The van der Waals surface area contributed by atoms with Crippen molar-refractivity contribution in [3.63, 3.8) is 0 Å². The summed E-state index contributed by atoms with van der Waals surface area (Å²) in [7, 11) is 0. The molecule has 0 aliphatic heterocycles. The molecule has 1 unspecified atom stereocenters. The zero-order valence-corrected chi connectivity index (χ0v) is 12.8. The fourth-order valence-electron chi connectivity index (χ4n) is 2.02. The number of hydrogen-bond acceptors (Lipinski definition) is 1. The number of benzene rings is 2. The van der Waals surface area contributed by atoms with E-state index in [0.717, 1.165) is 12.1 Å². The van der Waals surface area contributed by atoms with Crippen LogP contribution in [0.4, 0.5) is 4.39 Å². The van der Waals surface area contributed by atoms with E-state index in [-0.39, 0.29) is 11.9 Å². The summed E-state index contributed by atoms with van der Waals surface area (Å²) in [5, 5.41) is 3.80. The van der Waals surface area contributed by atoms with Gasteiger partial charge in [0, 0.05) is 10.0 Å². The monoisotopic (exact) mass is 341 g/mol. The first-order valence-electron chi connectivity index (χ1n) is 6.06.